The van der Waals surface area contributed by atoms with Crippen molar-refractivity contribution in [2.24, 2.45) is 0 Å². The Kier molecular flexibility index (Phi) is 8.52. The van der Waals surface area contributed by atoms with Gasteiger partial charge in [-0.05, 0) is 19.3 Å². The molecule has 0 aromatic carbocycles. The van der Waals surface area contributed by atoms with Crippen molar-refractivity contribution in [3.05, 3.63) is 0 Å². The summed E-state index contributed by atoms with van der Waals surface area (Å²) < 4.78 is 0. The standard InChI is InChI=1S/C16H29NO2/c1-2-3-4-5-6-7-8-11-15(18)14-16(19)17-12-9-10-13-17/h2-14H2,1H3. The monoisotopic (exact) mass is 267 g/mol. The van der Waals surface area contributed by atoms with E-state index in [2.05, 4.69) is 6.92 Å². The SMILES string of the molecule is CCCCCCCCCC(=O)CC(=O)N1CCCC1. The van der Waals surface area contributed by atoms with Gasteiger partial charge in [0, 0.05) is 19.5 Å². The van der Waals surface area contributed by atoms with E-state index < -0.39 is 0 Å². The maximum absolute atomic E-state index is 11.8. The van der Waals surface area contributed by atoms with Crippen LogP contribution in [0.5, 0.6) is 0 Å². The number of ketones is 1. The Morgan fingerprint density at radius 2 is 1.47 bits per heavy atom. The number of hydrogen-bond donors (Lipinski definition) is 0. The highest BCUT2D eigenvalue weighted by atomic mass is 16.2. The van der Waals surface area contributed by atoms with Crippen LogP contribution in [0.4, 0.5) is 0 Å². The molecule has 110 valence electrons. The summed E-state index contributed by atoms with van der Waals surface area (Å²) in [5.41, 5.74) is 0. The second kappa shape index (κ2) is 9.99. The van der Waals surface area contributed by atoms with Gasteiger partial charge < -0.3 is 4.90 Å². The van der Waals surface area contributed by atoms with E-state index in [0.29, 0.717) is 6.42 Å². The molecule has 0 unspecified atom stereocenters. The summed E-state index contributed by atoms with van der Waals surface area (Å²) in [6.45, 7) is 3.92. The number of carbonyl (C=O) groups is 2. The van der Waals surface area contributed by atoms with Crippen molar-refractivity contribution in [2.45, 2.75) is 77.6 Å². The molecule has 0 saturated carbocycles. The Morgan fingerprint density at radius 1 is 0.895 bits per heavy atom. The van der Waals surface area contributed by atoms with Crippen molar-refractivity contribution in [1.82, 2.24) is 4.90 Å². The number of hydrogen-bond acceptors (Lipinski definition) is 2. The molecule has 1 aliphatic heterocycles. The van der Waals surface area contributed by atoms with Gasteiger partial charge in [-0.25, -0.2) is 0 Å². The summed E-state index contributed by atoms with van der Waals surface area (Å²) in [7, 11) is 0. The van der Waals surface area contributed by atoms with Gasteiger partial charge >= 0.3 is 0 Å². The normalized spacial score (nSPS) is 14.9. The van der Waals surface area contributed by atoms with Crippen LogP contribution in [-0.2, 0) is 9.59 Å². The Hall–Kier alpha value is -0.860. The fraction of sp³-hybridized carbons (Fsp3) is 0.875. The van der Waals surface area contributed by atoms with Crippen molar-refractivity contribution in [2.75, 3.05) is 13.1 Å². The fourth-order valence-electron chi connectivity index (χ4n) is 2.61. The first-order chi connectivity index (χ1) is 9.24. The van der Waals surface area contributed by atoms with Gasteiger partial charge in [-0.1, -0.05) is 45.4 Å². The minimum atomic E-state index is 0.0467. The van der Waals surface area contributed by atoms with E-state index in [0.717, 1.165) is 38.8 Å². The van der Waals surface area contributed by atoms with Crippen LogP contribution in [0.3, 0.4) is 0 Å². The van der Waals surface area contributed by atoms with Gasteiger partial charge in [0.15, 0.2) is 0 Å². The molecule has 19 heavy (non-hydrogen) atoms. The van der Waals surface area contributed by atoms with Gasteiger partial charge in [0.1, 0.15) is 5.78 Å². The smallest absolute Gasteiger partial charge is 0.230 e. The van der Waals surface area contributed by atoms with Crippen LogP contribution in [0.2, 0.25) is 0 Å². The van der Waals surface area contributed by atoms with Crippen molar-refractivity contribution in [3.8, 4) is 0 Å². The van der Waals surface area contributed by atoms with Crippen molar-refractivity contribution < 1.29 is 9.59 Å². The lowest BCUT2D eigenvalue weighted by atomic mass is 10.1. The molecule has 1 rings (SSSR count). The van der Waals surface area contributed by atoms with Crippen molar-refractivity contribution >= 4 is 11.7 Å². The van der Waals surface area contributed by atoms with Gasteiger partial charge in [-0.2, -0.15) is 0 Å². The first-order valence-corrected chi connectivity index (χ1v) is 8.03. The Labute approximate surface area is 117 Å². The summed E-state index contributed by atoms with van der Waals surface area (Å²) in [4.78, 5) is 25.3. The van der Waals surface area contributed by atoms with E-state index in [1.54, 1.807) is 0 Å². The predicted octanol–water partition coefficient (Wildman–Crippen LogP) is 3.71. The fourth-order valence-corrected chi connectivity index (χ4v) is 2.61. The lowest BCUT2D eigenvalue weighted by Crippen LogP contribution is -2.29. The van der Waals surface area contributed by atoms with E-state index in [1.165, 1.54) is 32.1 Å². The molecule has 1 aliphatic rings. The average Bonchev–Trinajstić information content (AvgIpc) is 2.91. The number of amides is 1. The van der Waals surface area contributed by atoms with Gasteiger partial charge in [0.2, 0.25) is 5.91 Å². The number of unbranched alkanes of at least 4 members (excludes halogenated alkanes) is 6. The summed E-state index contributed by atoms with van der Waals surface area (Å²) in [6.07, 6.45) is 11.4. The highest BCUT2D eigenvalue weighted by Gasteiger charge is 2.19. The number of likely N-dealkylation sites (tertiary alicyclic amines) is 1. The molecular weight excluding hydrogens is 238 g/mol. The van der Waals surface area contributed by atoms with Crippen LogP contribution in [0, 0.1) is 0 Å². The van der Waals surface area contributed by atoms with E-state index in [1.807, 2.05) is 4.90 Å². The maximum Gasteiger partial charge on any atom is 0.230 e. The molecule has 1 saturated heterocycles. The van der Waals surface area contributed by atoms with E-state index in [4.69, 9.17) is 0 Å². The zero-order valence-corrected chi connectivity index (χ0v) is 12.5. The number of rotatable bonds is 10. The molecule has 1 amide bonds. The molecule has 0 spiro atoms. The highest BCUT2D eigenvalue weighted by molar-refractivity contribution is 5.98. The van der Waals surface area contributed by atoms with Crippen molar-refractivity contribution in [1.29, 1.82) is 0 Å². The van der Waals surface area contributed by atoms with Gasteiger partial charge in [0.25, 0.3) is 0 Å². The molecule has 1 heterocycles. The Balaban J connectivity index is 1.97. The summed E-state index contributed by atoms with van der Waals surface area (Å²) in [6, 6.07) is 0. The van der Waals surface area contributed by atoms with Crippen LogP contribution in [0.1, 0.15) is 77.6 Å². The summed E-state index contributed by atoms with van der Waals surface area (Å²) in [5, 5.41) is 0. The van der Waals surface area contributed by atoms with Crippen LogP contribution < -0.4 is 0 Å². The van der Waals surface area contributed by atoms with E-state index >= 15 is 0 Å². The largest absolute Gasteiger partial charge is 0.342 e. The number of nitrogens with zero attached hydrogens (tertiary/aromatic N) is 1. The van der Waals surface area contributed by atoms with E-state index in [9.17, 15) is 9.59 Å². The average molecular weight is 267 g/mol. The topological polar surface area (TPSA) is 37.4 Å². The molecule has 1 fully saturated rings. The van der Waals surface area contributed by atoms with Crippen LogP contribution in [-0.4, -0.2) is 29.7 Å². The minimum Gasteiger partial charge on any atom is -0.342 e. The summed E-state index contributed by atoms with van der Waals surface area (Å²) in [5.74, 6) is 0.177. The minimum absolute atomic E-state index is 0.0467. The quantitative estimate of drug-likeness (QED) is 0.447. The molecule has 3 nitrogen and oxygen atoms in total. The molecule has 0 aliphatic carbocycles. The van der Waals surface area contributed by atoms with E-state index in [-0.39, 0.29) is 18.1 Å². The Morgan fingerprint density at radius 3 is 2.11 bits per heavy atom. The third-order valence-electron chi connectivity index (χ3n) is 3.87. The molecule has 3 heteroatoms. The second-order valence-corrected chi connectivity index (χ2v) is 5.67. The molecule has 0 N–H and O–H groups in total. The molecule has 0 bridgehead atoms. The lowest BCUT2D eigenvalue weighted by Gasteiger charge is -2.14. The molecule has 0 radical (unpaired) electrons. The third kappa shape index (κ3) is 7.34. The lowest BCUT2D eigenvalue weighted by molar-refractivity contribution is -0.134. The number of carbonyl (C=O) groups excluding carboxylic acids is 2. The zero-order chi connectivity index (χ0) is 13.9. The second-order valence-electron chi connectivity index (χ2n) is 5.67. The highest BCUT2D eigenvalue weighted by Crippen LogP contribution is 2.12. The van der Waals surface area contributed by atoms with Crippen LogP contribution in [0.15, 0.2) is 0 Å². The van der Waals surface area contributed by atoms with Crippen molar-refractivity contribution in [3.63, 3.8) is 0 Å². The van der Waals surface area contributed by atoms with Crippen LogP contribution in [0.25, 0.3) is 0 Å². The molecule has 0 aromatic heterocycles. The molecular formula is C16H29NO2. The number of Topliss-reactive ketones (excluding diaryl/α,β-unsaturated/α-hetero) is 1. The zero-order valence-electron chi connectivity index (χ0n) is 12.5. The maximum atomic E-state index is 11.8. The van der Waals surface area contributed by atoms with Crippen LogP contribution >= 0.6 is 0 Å². The summed E-state index contributed by atoms with van der Waals surface area (Å²) >= 11 is 0. The van der Waals surface area contributed by atoms with Gasteiger partial charge in [-0.3, -0.25) is 9.59 Å². The van der Waals surface area contributed by atoms with Gasteiger partial charge in [-0.15, -0.1) is 0 Å². The Bertz CT molecular complexity index is 270. The van der Waals surface area contributed by atoms with Gasteiger partial charge in [0.05, 0.1) is 6.42 Å². The molecule has 0 atom stereocenters. The third-order valence-corrected chi connectivity index (χ3v) is 3.87. The predicted molar refractivity (Wildman–Crippen MR) is 78.0 cm³/mol. The first-order valence-electron chi connectivity index (χ1n) is 8.03. The first kappa shape index (κ1) is 16.2. The molecule has 0 aromatic rings.